The summed E-state index contributed by atoms with van der Waals surface area (Å²) in [6.07, 6.45) is -1.09. The Hall–Kier alpha value is -3.21. The second kappa shape index (κ2) is 8.47. The number of nitrogens with zero attached hydrogens (tertiary/aromatic N) is 3. The van der Waals surface area contributed by atoms with Gasteiger partial charge in [-0.05, 0) is 29.7 Å². The molecular formula is C24H21F4N3O3S. The lowest BCUT2D eigenvalue weighted by atomic mass is 9.88. The number of hydrogen-bond acceptors (Lipinski definition) is 5. The maximum absolute atomic E-state index is 15.1. The van der Waals surface area contributed by atoms with Gasteiger partial charge in [0, 0.05) is 29.3 Å². The van der Waals surface area contributed by atoms with Crippen LogP contribution in [0.1, 0.15) is 35.4 Å². The summed E-state index contributed by atoms with van der Waals surface area (Å²) < 4.78 is 57.5. The highest BCUT2D eigenvalue weighted by Crippen LogP contribution is 2.45. The van der Waals surface area contributed by atoms with E-state index in [0.717, 1.165) is 23.4 Å². The quantitative estimate of drug-likeness (QED) is 0.615. The topological polar surface area (TPSA) is 65.8 Å². The lowest BCUT2D eigenvalue weighted by Gasteiger charge is -2.46. The van der Waals surface area contributed by atoms with Crippen molar-refractivity contribution >= 4 is 17.7 Å². The first kappa shape index (κ1) is 23.5. The van der Waals surface area contributed by atoms with E-state index in [9.17, 15) is 27.9 Å². The van der Waals surface area contributed by atoms with Gasteiger partial charge in [-0.3, -0.25) is 19.3 Å². The molecule has 3 heterocycles. The number of amides is 1. The van der Waals surface area contributed by atoms with Crippen LogP contribution in [0.15, 0.2) is 69.5 Å². The van der Waals surface area contributed by atoms with Crippen LogP contribution in [0.2, 0.25) is 0 Å². The zero-order valence-corrected chi connectivity index (χ0v) is 19.3. The van der Waals surface area contributed by atoms with Crippen molar-refractivity contribution in [3.05, 3.63) is 81.3 Å². The third-order valence-corrected chi connectivity index (χ3v) is 7.75. The number of alkyl halides is 4. The van der Waals surface area contributed by atoms with Crippen molar-refractivity contribution in [2.75, 3.05) is 17.4 Å². The molecule has 0 fully saturated rings. The van der Waals surface area contributed by atoms with Crippen LogP contribution in [0.5, 0.6) is 5.75 Å². The van der Waals surface area contributed by atoms with Crippen LogP contribution in [-0.4, -0.2) is 51.4 Å². The molecule has 2 aromatic rings. The number of pyridine rings is 1. The fourth-order valence-corrected chi connectivity index (χ4v) is 5.88. The van der Waals surface area contributed by atoms with Crippen molar-refractivity contribution in [1.29, 1.82) is 0 Å². The molecule has 5 rings (SSSR count). The first-order valence-electron chi connectivity index (χ1n) is 10.9. The number of halogens is 4. The summed E-state index contributed by atoms with van der Waals surface area (Å²) in [4.78, 5) is 26.7. The van der Waals surface area contributed by atoms with E-state index in [-0.39, 0.29) is 6.42 Å². The number of carbonyl (C=O) groups excluding carboxylic acids is 1. The second-order valence-electron chi connectivity index (χ2n) is 8.61. The summed E-state index contributed by atoms with van der Waals surface area (Å²) in [6, 6.07) is 5.36. The molecule has 35 heavy (non-hydrogen) atoms. The van der Waals surface area contributed by atoms with Gasteiger partial charge in [0.25, 0.3) is 5.91 Å². The zero-order valence-electron chi connectivity index (χ0n) is 18.5. The number of benzene rings is 1. The minimum absolute atomic E-state index is 0.197. The summed E-state index contributed by atoms with van der Waals surface area (Å²) in [5, 5.41) is 12.0. The number of aromatic hydroxyl groups is 1. The molecule has 11 heteroatoms. The van der Waals surface area contributed by atoms with Gasteiger partial charge in [0.1, 0.15) is 18.9 Å². The maximum atomic E-state index is 15.1. The standard InChI is InChI=1S/C24H21F4N3O3S/c1-13(24(26,27)28)29-12-31(30-10-9-18(32)22(33)21(30)23(29)34)20-14-6-4-7-17(25)16(14)11-35-19-8-3-2-5-15(19)20/h2-6,8-10,13,17,20,33H,7,11-12H2,1H3/t13-,17?,20+/m1/s1. The Labute approximate surface area is 202 Å². The van der Waals surface area contributed by atoms with E-state index < -0.39 is 53.9 Å². The number of hydrogen-bond donors (Lipinski definition) is 1. The van der Waals surface area contributed by atoms with Gasteiger partial charge in [0.15, 0.2) is 11.4 Å². The molecule has 1 unspecified atom stereocenters. The molecule has 6 nitrogen and oxygen atoms in total. The average molecular weight is 508 g/mol. The van der Waals surface area contributed by atoms with Crippen LogP contribution in [0.3, 0.4) is 0 Å². The van der Waals surface area contributed by atoms with Crippen molar-refractivity contribution in [2.45, 2.75) is 42.7 Å². The molecule has 3 atom stereocenters. The number of aromatic nitrogens is 1. The first-order chi connectivity index (χ1) is 16.6. The maximum Gasteiger partial charge on any atom is 0.408 e. The van der Waals surface area contributed by atoms with Crippen molar-refractivity contribution in [3.8, 4) is 5.75 Å². The van der Waals surface area contributed by atoms with E-state index in [1.165, 1.54) is 27.6 Å². The lowest BCUT2D eigenvalue weighted by molar-refractivity contribution is -0.173. The second-order valence-corrected chi connectivity index (χ2v) is 9.63. The molecule has 1 aromatic heterocycles. The molecule has 1 amide bonds. The van der Waals surface area contributed by atoms with Crippen LogP contribution in [0.25, 0.3) is 0 Å². The highest BCUT2D eigenvalue weighted by atomic mass is 32.2. The summed E-state index contributed by atoms with van der Waals surface area (Å²) in [6.45, 7) is 0.351. The van der Waals surface area contributed by atoms with E-state index in [0.29, 0.717) is 21.8 Å². The van der Waals surface area contributed by atoms with Crippen LogP contribution < -0.4 is 10.4 Å². The van der Waals surface area contributed by atoms with Gasteiger partial charge >= 0.3 is 6.18 Å². The van der Waals surface area contributed by atoms with Gasteiger partial charge in [-0.2, -0.15) is 13.2 Å². The van der Waals surface area contributed by atoms with Gasteiger partial charge in [-0.15, -0.1) is 11.8 Å². The first-order valence-corrected chi connectivity index (χ1v) is 11.9. The summed E-state index contributed by atoms with van der Waals surface area (Å²) in [5.74, 6) is -1.68. The molecule has 1 N–H and O–H groups in total. The van der Waals surface area contributed by atoms with Gasteiger partial charge in [-0.25, -0.2) is 4.39 Å². The highest BCUT2D eigenvalue weighted by Gasteiger charge is 2.48. The van der Waals surface area contributed by atoms with Gasteiger partial charge in [0.2, 0.25) is 5.43 Å². The Morgan fingerprint density at radius 3 is 2.66 bits per heavy atom. The van der Waals surface area contributed by atoms with Crippen LogP contribution in [-0.2, 0) is 0 Å². The predicted molar refractivity (Wildman–Crippen MR) is 123 cm³/mol. The number of thioether (sulfide) groups is 1. The monoisotopic (exact) mass is 507 g/mol. The van der Waals surface area contributed by atoms with E-state index in [2.05, 4.69) is 0 Å². The molecule has 0 spiro atoms. The summed E-state index contributed by atoms with van der Waals surface area (Å²) >= 11 is 1.44. The van der Waals surface area contributed by atoms with Gasteiger partial charge in [-0.1, -0.05) is 30.4 Å². The largest absolute Gasteiger partial charge is 0.502 e. The van der Waals surface area contributed by atoms with E-state index in [4.69, 9.17) is 0 Å². The fourth-order valence-electron chi connectivity index (χ4n) is 4.70. The molecular weight excluding hydrogens is 486 g/mol. The lowest BCUT2D eigenvalue weighted by Crippen LogP contribution is -2.60. The molecule has 1 aliphatic carbocycles. The number of carbonyl (C=O) groups is 1. The highest BCUT2D eigenvalue weighted by molar-refractivity contribution is 7.99. The Morgan fingerprint density at radius 1 is 1.17 bits per heavy atom. The third-order valence-electron chi connectivity index (χ3n) is 6.61. The van der Waals surface area contributed by atoms with Crippen molar-refractivity contribution in [1.82, 2.24) is 9.58 Å². The number of rotatable bonds is 2. The Balaban J connectivity index is 1.77. The molecule has 1 aromatic carbocycles. The van der Waals surface area contributed by atoms with Crippen molar-refractivity contribution in [2.24, 2.45) is 0 Å². The molecule has 0 bridgehead atoms. The SMILES string of the molecule is C[C@@H](N1CN([C@H]2C3=C(CSc4ccccc42)C(F)CC=C3)n2ccc(=O)c(O)c2C1=O)C(F)(F)F. The van der Waals surface area contributed by atoms with Crippen molar-refractivity contribution in [3.63, 3.8) is 0 Å². The van der Waals surface area contributed by atoms with E-state index >= 15 is 4.39 Å². The van der Waals surface area contributed by atoms with Gasteiger partial charge in [0.05, 0.1) is 6.04 Å². The van der Waals surface area contributed by atoms with Gasteiger partial charge < -0.3 is 10.0 Å². The number of allylic oxidation sites excluding steroid dienone is 1. The fraction of sp³-hybridized carbons (Fsp3) is 0.333. The number of fused-ring (bicyclic) bond motifs is 2. The molecule has 0 saturated carbocycles. The molecule has 0 saturated heterocycles. The molecule has 2 aliphatic heterocycles. The minimum Gasteiger partial charge on any atom is -0.502 e. The predicted octanol–water partition coefficient (Wildman–Crippen LogP) is 4.30. The van der Waals surface area contributed by atoms with Crippen LogP contribution in [0, 0.1) is 0 Å². The Kier molecular flexibility index (Phi) is 5.70. The summed E-state index contributed by atoms with van der Waals surface area (Å²) in [7, 11) is 0. The third kappa shape index (κ3) is 3.81. The summed E-state index contributed by atoms with van der Waals surface area (Å²) in [5.41, 5.74) is 0.383. The average Bonchev–Trinajstić information content (AvgIpc) is 2.98. The molecule has 3 aliphatic rings. The molecule has 0 radical (unpaired) electrons. The zero-order chi connectivity index (χ0) is 25.1. The molecule has 184 valence electrons. The van der Waals surface area contributed by atoms with E-state index in [1.807, 2.05) is 18.2 Å². The normalized spacial score (nSPS) is 22.9. The Bertz CT molecular complexity index is 1320. The van der Waals surface area contributed by atoms with Crippen LogP contribution in [0.4, 0.5) is 17.6 Å². The van der Waals surface area contributed by atoms with Crippen molar-refractivity contribution < 1.29 is 27.5 Å². The van der Waals surface area contributed by atoms with E-state index in [1.54, 1.807) is 18.2 Å². The minimum atomic E-state index is -4.75. The smallest absolute Gasteiger partial charge is 0.408 e. The Morgan fingerprint density at radius 2 is 1.91 bits per heavy atom. The van der Waals surface area contributed by atoms with Crippen LogP contribution >= 0.6 is 11.8 Å².